The van der Waals surface area contributed by atoms with Gasteiger partial charge in [-0.2, -0.15) is 5.53 Å². The van der Waals surface area contributed by atoms with E-state index in [1.165, 1.54) is 12.8 Å². The number of likely N-dealkylation sites (N-methyl/N-ethyl adjacent to an activating group) is 1. The molecule has 1 fully saturated rings. The molecule has 1 heterocycles. The molecule has 0 aromatic heterocycles. The monoisotopic (exact) mass is 172 g/mol. The van der Waals surface area contributed by atoms with Crippen LogP contribution in [0.5, 0.6) is 0 Å². The number of nitrogens with one attached hydrogen (secondary N) is 3. The fourth-order valence-electron chi connectivity index (χ4n) is 1.80. The topological polar surface area (TPSA) is 39.3 Å². The first kappa shape index (κ1) is 9.92. The van der Waals surface area contributed by atoms with Gasteiger partial charge in [0.25, 0.3) is 0 Å². The van der Waals surface area contributed by atoms with Crippen LogP contribution in [0.1, 0.15) is 19.8 Å². The molecule has 1 aliphatic rings. The molecule has 1 rings (SSSR count). The van der Waals surface area contributed by atoms with Crippen LogP contribution in [-0.4, -0.2) is 37.6 Å². The second kappa shape index (κ2) is 4.77. The van der Waals surface area contributed by atoms with Gasteiger partial charge in [0, 0.05) is 18.6 Å². The van der Waals surface area contributed by atoms with Gasteiger partial charge in [-0.3, -0.25) is 0 Å². The Morgan fingerprint density at radius 2 is 2.25 bits per heavy atom. The maximum Gasteiger partial charge on any atom is 0.0394 e. The first-order valence-corrected chi connectivity index (χ1v) is 4.65. The summed E-state index contributed by atoms with van der Waals surface area (Å²) in [5.74, 6) is 0. The second-order valence-electron chi connectivity index (χ2n) is 3.53. The maximum absolute atomic E-state index is 3.25. The van der Waals surface area contributed by atoms with Gasteiger partial charge in [0.2, 0.25) is 0 Å². The molecule has 4 nitrogen and oxygen atoms in total. The van der Waals surface area contributed by atoms with Crippen molar-refractivity contribution in [3.63, 3.8) is 0 Å². The van der Waals surface area contributed by atoms with E-state index in [0.717, 1.165) is 6.54 Å². The summed E-state index contributed by atoms with van der Waals surface area (Å²) in [4.78, 5) is 2.28. The molecule has 0 amide bonds. The molecule has 0 aromatic carbocycles. The van der Waals surface area contributed by atoms with Crippen molar-refractivity contribution in [2.45, 2.75) is 31.8 Å². The average Bonchev–Trinajstić information content (AvgIpc) is 2.07. The van der Waals surface area contributed by atoms with E-state index in [0.29, 0.717) is 12.1 Å². The molecule has 0 radical (unpaired) electrons. The number of hydrazine groups is 2. The lowest BCUT2D eigenvalue weighted by molar-refractivity contribution is 0.167. The Balaban J connectivity index is 2.40. The minimum Gasteiger partial charge on any atom is -0.305 e. The van der Waals surface area contributed by atoms with Crippen molar-refractivity contribution in [2.75, 3.05) is 20.6 Å². The fourth-order valence-corrected chi connectivity index (χ4v) is 1.80. The highest BCUT2D eigenvalue weighted by atomic mass is 15.6. The van der Waals surface area contributed by atoms with E-state index >= 15 is 0 Å². The van der Waals surface area contributed by atoms with Crippen molar-refractivity contribution in [1.82, 2.24) is 21.3 Å². The van der Waals surface area contributed by atoms with E-state index in [2.05, 4.69) is 42.3 Å². The lowest BCUT2D eigenvalue weighted by atomic mass is 10.0. The Hall–Kier alpha value is -0.160. The highest BCUT2D eigenvalue weighted by Gasteiger charge is 2.22. The van der Waals surface area contributed by atoms with Gasteiger partial charge in [-0.1, -0.05) is 6.92 Å². The molecule has 0 saturated carbocycles. The van der Waals surface area contributed by atoms with Crippen LogP contribution in [0.15, 0.2) is 0 Å². The van der Waals surface area contributed by atoms with Gasteiger partial charge in [-0.05, 0) is 26.9 Å². The zero-order chi connectivity index (χ0) is 8.97. The molecular formula is C8H20N4. The molecule has 0 spiro atoms. The van der Waals surface area contributed by atoms with E-state index in [1.807, 2.05) is 0 Å². The van der Waals surface area contributed by atoms with Gasteiger partial charge in [-0.25, -0.2) is 10.9 Å². The summed E-state index contributed by atoms with van der Waals surface area (Å²) in [6, 6.07) is 1.19. The van der Waals surface area contributed by atoms with E-state index in [-0.39, 0.29) is 0 Å². The zero-order valence-electron chi connectivity index (χ0n) is 8.22. The van der Waals surface area contributed by atoms with Gasteiger partial charge < -0.3 is 4.90 Å². The van der Waals surface area contributed by atoms with Crippen LogP contribution >= 0.6 is 0 Å². The predicted octanol–water partition coefficient (Wildman–Crippen LogP) is -0.302. The van der Waals surface area contributed by atoms with Crippen LogP contribution in [-0.2, 0) is 0 Å². The Morgan fingerprint density at radius 3 is 2.67 bits per heavy atom. The first-order valence-electron chi connectivity index (χ1n) is 4.65. The molecule has 72 valence electrons. The largest absolute Gasteiger partial charge is 0.305 e. The van der Waals surface area contributed by atoms with E-state index in [1.54, 1.807) is 0 Å². The molecule has 0 aliphatic carbocycles. The summed E-state index contributed by atoms with van der Waals surface area (Å²) in [7, 11) is 4.27. The second-order valence-corrected chi connectivity index (χ2v) is 3.53. The summed E-state index contributed by atoms with van der Waals surface area (Å²) in [6.07, 6.45) is 2.37. The molecule has 0 aromatic rings. The third kappa shape index (κ3) is 2.42. The van der Waals surface area contributed by atoms with Crippen molar-refractivity contribution < 1.29 is 0 Å². The van der Waals surface area contributed by atoms with Crippen LogP contribution in [0, 0.1) is 0 Å². The summed E-state index contributed by atoms with van der Waals surface area (Å²) in [5, 5.41) is 0. The van der Waals surface area contributed by atoms with Crippen LogP contribution in [0.4, 0.5) is 0 Å². The molecule has 1 saturated heterocycles. The fraction of sp³-hybridized carbons (Fsp3) is 1.00. The number of hydrogen-bond donors (Lipinski definition) is 3. The first-order chi connectivity index (χ1) is 5.75. The highest BCUT2D eigenvalue weighted by molar-refractivity contribution is 4.81. The van der Waals surface area contributed by atoms with E-state index in [4.69, 9.17) is 0 Å². The predicted molar refractivity (Wildman–Crippen MR) is 50.4 cm³/mol. The van der Waals surface area contributed by atoms with Crippen LogP contribution < -0.4 is 16.4 Å². The van der Waals surface area contributed by atoms with Crippen molar-refractivity contribution in [3.05, 3.63) is 0 Å². The van der Waals surface area contributed by atoms with Crippen molar-refractivity contribution in [3.8, 4) is 0 Å². The van der Waals surface area contributed by atoms with Crippen molar-refractivity contribution >= 4 is 0 Å². The number of rotatable bonds is 3. The third-order valence-electron chi connectivity index (χ3n) is 2.47. The van der Waals surface area contributed by atoms with Crippen LogP contribution in [0.25, 0.3) is 0 Å². The normalized spacial score (nSPS) is 27.5. The quantitative estimate of drug-likeness (QED) is 0.546. The molecular weight excluding hydrogens is 152 g/mol. The molecule has 3 N–H and O–H groups in total. The minimum atomic E-state index is 0.561. The lowest BCUT2D eigenvalue weighted by Gasteiger charge is -2.35. The molecule has 4 heteroatoms. The summed E-state index contributed by atoms with van der Waals surface area (Å²) in [5.41, 5.74) is 9.28. The molecule has 2 unspecified atom stereocenters. The van der Waals surface area contributed by atoms with Gasteiger partial charge >= 0.3 is 0 Å². The Kier molecular flexibility index (Phi) is 3.94. The molecule has 1 aliphatic heterocycles. The maximum atomic E-state index is 3.25. The Morgan fingerprint density at radius 1 is 1.50 bits per heavy atom. The van der Waals surface area contributed by atoms with Crippen LogP contribution in [0.3, 0.4) is 0 Å². The van der Waals surface area contributed by atoms with Gasteiger partial charge in [0.15, 0.2) is 0 Å². The average molecular weight is 172 g/mol. The lowest BCUT2D eigenvalue weighted by Crippen LogP contribution is -2.60. The van der Waals surface area contributed by atoms with Crippen LogP contribution in [0.2, 0.25) is 0 Å². The molecule has 12 heavy (non-hydrogen) atoms. The molecule has 0 bridgehead atoms. The van der Waals surface area contributed by atoms with Gasteiger partial charge in [0.05, 0.1) is 0 Å². The Bertz CT molecular complexity index is 120. The van der Waals surface area contributed by atoms with E-state index < -0.39 is 0 Å². The SMILES string of the molecule is CCC(C1CCNNN1)N(C)C. The number of nitrogens with zero attached hydrogens (tertiary/aromatic N) is 1. The molecule has 2 atom stereocenters. The number of hydrogen-bond acceptors (Lipinski definition) is 4. The summed E-state index contributed by atoms with van der Waals surface area (Å²) >= 11 is 0. The highest BCUT2D eigenvalue weighted by Crippen LogP contribution is 2.08. The summed E-state index contributed by atoms with van der Waals surface area (Å²) in [6.45, 7) is 3.27. The van der Waals surface area contributed by atoms with Crippen molar-refractivity contribution in [1.29, 1.82) is 0 Å². The minimum absolute atomic E-state index is 0.561. The van der Waals surface area contributed by atoms with E-state index in [9.17, 15) is 0 Å². The summed E-state index contributed by atoms with van der Waals surface area (Å²) < 4.78 is 0. The van der Waals surface area contributed by atoms with Gasteiger partial charge in [-0.15, -0.1) is 0 Å². The standard InChI is InChI=1S/C8H20N4/c1-4-8(12(2)3)7-5-6-9-11-10-7/h7-11H,4-6H2,1-3H3. The zero-order valence-corrected chi connectivity index (χ0v) is 8.22. The third-order valence-corrected chi connectivity index (χ3v) is 2.47. The Labute approximate surface area is 74.6 Å². The van der Waals surface area contributed by atoms with Crippen molar-refractivity contribution in [2.24, 2.45) is 0 Å². The smallest absolute Gasteiger partial charge is 0.0394 e. The van der Waals surface area contributed by atoms with Gasteiger partial charge in [0.1, 0.15) is 0 Å².